The Balaban J connectivity index is 2.22. The van der Waals surface area contributed by atoms with E-state index in [0.29, 0.717) is 11.2 Å². The van der Waals surface area contributed by atoms with Crippen LogP contribution in [0.5, 0.6) is 0 Å². The highest BCUT2D eigenvalue weighted by Gasteiger charge is 2.03. The molecular weight excluding hydrogens is 204 g/mol. The Labute approximate surface area is 90.2 Å². The van der Waals surface area contributed by atoms with Gasteiger partial charge in [-0.25, -0.2) is 9.78 Å². The SMILES string of the molecule is O=c1[nH]c2ccc(-c3cccnc3)nc2[nH]1. The number of fused-ring (bicyclic) bond motifs is 1. The zero-order chi connectivity index (χ0) is 11.0. The minimum absolute atomic E-state index is 0.245. The number of hydrogen-bond donors (Lipinski definition) is 2. The molecule has 0 aromatic carbocycles. The minimum atomic E-state index is -0.245. The lowest BCUT2D eigenvalue weighted by molar-refractivity contribution is 1.20. The van der Waals surface area contributed by atoms with Crippen molar-refractivity contribution in [3.63, 3.8) is 0 Å². The van der Waals surface area contributed by atoms with Crippen molar-refractivity contribution >= 4 is 11.2 Å². The number of aromatic nitrogens is 4. The van der Waals surface area contributed by atoms with E-state index in [1.807, 2.05) is 24.3 Å². The van der Waals surface area contributed by atoms with Gasteiger partial charge in [-0.3, -0.25) is 9.97 Å². The van der Waals surface area contributed by atoms with E-state index in [4.69, 9.17) is 0 Å². The van der Waals surface area contributed by atoms with Crippen molar-refractivity contribution in [2.45, 2.75) is 0 Å². The van der Waals surface area contributed by atoms with Crippen LogP contribution in [0.1, 0.15) is 0 Å². The average Bonchev–Trinajstić information content (AvgIpc) is 2.69. The molecule has 0 spiro atoms. The summed E-state index contributed by atoms with van der Waals surface area (Å²) in [6.07, 6.45) is 3.44. The lowest BCUT2D eigenvalue weighted by Crippen LogP contribution is -1.99. The third kappa shape index (κ3) is 1.38. The number of nitrogens with one attached hydrogen (secondary N) is 2. The van der Waals surface area contributed by atoms with Crippen molar-refractivity contribution in [2.75, 3.05) is 0 Å². The van der Waals surface area contributed by atoms with Crippen molar-refractivity contribution in [1.29, 1.82) is 0 Å². The third-order valence-corrected chi connectivity index (χ3v) is 2.33. The van der Waals surface area contributed by atoms with Crippen LogP contribution in [0.2, 0.25) is 0 Å². The van der Waals surface area contributed by atoms with Crippen LogP contribution in [0, 0.1) is 0 Å². The first-order valence-corrected chi connectivity index (χ1v) is 4.82. The van der Waals surface area contributed by atoms with Crippen molar-refractivity contribution in [2.24, 2.45) is 0 Å². The maximum absolute atomic E-state index is 11.1. The van der Waals surface area contributed by atoms with Gasteiger partial charge in [-0.2, -0.15) is 0 Å². The summed E-state index contributed by atoms with van der Waals surface area (Å²) < 4.78 is 0. The van der Waals surface area contributed by atoms with E-state index < -0.39 is 0 Å². The molecule has 16 heavy (non-hydrogen) atoms. The van der Waals surface area contributed by atoms with Crippen molar-refractivity contribution in [1.82, 2.24) is 19.9 Å². The van der Waals surface area contributed by atoms with Crippen LogP contribution in [0.15, 0.2) is 41.5 Å². The molecule has 3 aromatic heterocycles. The summed E-state index contributed by atoms with van der Waals surface area (Å²) >= 11 is 0. The normalized spacial score (nSPS) is 10.8. The smallest absolute Gasteiger partial charge is 0.304 e. The first kappa shape index (κ1) is 8.84. The second-order valence-electron chi connectivity index (χ2n) is 3.41. The quantitative estimate of drug-likeness (QED) is 0.638. The largest absolute Gasteiger partial charge is 0.325 e. The molecule has 5 heteroatoms. The summed E-state index contributed by atoms with van der Waals surface area (Å²) in [6.45, 7) is 0. The average molecular weight is 212 g/mol. The van der Waals surface area contributed by atoms with Gasteiger partial charge in [0.1, 0.15) is 0 Å². The number of aromatic amines is 2. The van der Waals surface area contributed by atoms with Gasteiger partial charge < -0.3 is 4.98 Å². The molecule has 2 N–H and O–H groups in total. The Morgan fingerprint density at radius 3 is 2.88 bits per heavy atom. The van der Waals surface area contributed by atoms with E-state index in [1.54, 1.807) is 12.4 Å². The molecule has 0 aliphatic carbocycles. The van der Waals surface area contributed by atoms with E-state index in [2.05, 4.69) is 19.9 Å². The zero-order valence-electron chi connectivity index (χ0n) is 8.27. The van der Waals surface area contributed by atoms with Crippen LogP contribution in [0.4, 0.5) is 0 Å². The van der Waals surface area contributed by atoms with Crippen LogP contribution in [-0.4, -0.2) is 19.9 Å². The molecule has 0 fully saturated rings. The molecule has 0 atom stereocenters. The predicted octanol–water partition coefficient (Wildman–Crippen LogP) is 1.31. The topological polar surface area (TPSA) is 74.4 Å². The molecule has 0 unspecified atom stereocenters. The minimum Gasteiger partial charge on any atom is -0.304 e. The lowest BCUT2D eigenvalue weighted by atomic mass is 10.2. The molecule has 0 bridgehead atoms. The fraction of sp³-hybridized carbons (Fsp3) is 0. The molecule has 78 valence electrons. The molecule has 0 saturated carbocycles. The number of imidazole rings is 1. The summed E-state index contributed by atoms with van der Waals surface area (Å²) in [5.41, 5.74) is 2.73. The van der Waals surface area contributed by atoms with Crippen molar-refractivity contribution in [3.8, 4) is 11.3 Å². The van der Waals surface area contributed by atoms with Gasteiger partial charge in [0.2, 0.25) is 0 Å². The highest BCUT2D eigenvalue weighted by molar-refractivity contribution is 5.74. The Morgan fingerprint density at radius 1 is 1.12 bits per heavy atom. The van der Waals surface area contributed by atoms with Crippen LogP contribution in [0.25, 0.3) is 22.4 Å². The highest BCUT2D eigenvalue weighted by Crippen LogP contribution is 2.17. The maximum atomic E-state index is 11.1. The molecule has 5 nitrogen and oxygen atoms in total. The molecule has 3 aromatic rings. The summed E-state index contributed by atoms with van der Waals surface area (Å²) in [5, 5.41) is 0. The fourth-order valence-corrected chi connectivity index (χ4v) is 1.59. The first-order valence-electron chi connectivity index (χ1n) is 4.82. The summed E-state index contributed by atoms with van der Waals surface area (Å²) in [4.78, 5) is 24.7. The van der Waals surface area contributed by atoms with E-state index in [1.165, 1.54) is 0 Å². The van der Waals surface area contributed by atoms with Gasteiger partial charge in [-0.05, 0) is 24.3 Å². The van der Waals surface area contributed by atoms with Gasteiger partial charge in [0.15, 0.2) is 5.65 Å². The molecular formula is C11H8N4O. The molecule has 0 aliphatic heterocycles. The van der Waals surface area contributed by atoms with Crippen LogP contribution in [-0.2, 0) is 0 Å². The Hall–Kier alpha value is -2.43. The number of nitrogens with zero attached hydrogens (tertiary/aromatic N) is 2. The lowest BCUT2D eigenvalue weighted by Gasteiger charge is -1.98. The monoisotopic (exact) mass is 212 g/mol. The Kier molecular flexibility index (Phi) is 1.83. The van der Waals surface area contributed by atoms with Crippen LogP contribution < -0.4 is 5.69 Å². The van der Waals surface area contributed by atoms with Gasteiger partial charge in [-0.1, -0.05) is 0 Å². The second kappa shape index (κ2) is 3.30. The fourth-order valence-electron chi connectivity index (χ4n) is 1.59. The molecule has 0 radical (unpaired) electrons. The zero-order valence-corrected chi connectivity index (χ0v) is 8.27. The number of H-pyrrole nitrogens is 2. The predicted molar refractivity (Wildman–Crippen MR) is 59.9 cm³/mol. The number of pyridine rings is 2. The van der Waals surface area contributed by atoms with Gasteiger partial charge in [-0.15, -0.1) is 0 Å². The van der Waals surface area contributed by atoms with Crippen molar-refractivity contribution in [3.05, 3.63) is 47.1 Å². The van der Waals surface area contributed by atoms with Gasteiger partial charge in [0, 0.05) is 18.0 Å². The summed E-state index contributed by atoms with van der Waals surface area (Å²) in [6, 6.07) is 7.44. The van der Waals surface area contributed by atoms with Gasteiger partial charge in [0.05, 0.1) is 11.2 Å². The second-order valence-corrected chi connectivity index (χ2v) is 3.41. The molecule has 0 aliphatic rings. The third-order valence-electron chi connectivity index (χ3n) is 2.33. The van der Waals surface area contributed by atoms with Crippen molar-refractivity contribution < 1.29 is 0 Å². The Morgan fingerprint density at radius 2 is 2.06 bits per heavy atom. The number of rotatable bonds is 1. The molecule has 0 amide bonds. The summed E-state index contributed by atoms with van der Waals surface area (Å²) in [5.74, 6) is 0. The van der Waals surface area contributed by atoms with Gasteiger partial charge >= 0.3 is 5.69 Å². The molecule has 3 rings (SSSR count). The summed E-state index contributed by atoms with van der Waals surface area (Å²) in [7, 11) is 0. The molecule has 3 heterocycles. The van der Waals surface area contributed by atoms with E-state index >= 15 is 0 Å². The Bertz CT molecular complexity index is 684. The number of hydrogen-bond acceptors (Lipinski definition) is 3. The maximum Gasteiger partial charge on any atom is 0.325 e. The highest BCUT2D eigenvalue weighted by atomic mass is 16.1. The van der Waals surface area contributed by atoms with Crippen LogP contribution >= 0.6 is 0 Å². The van der Waals surface area contributed by atoms with E-state index in [9.17, 15) is 4.79 Å². The van der Waals surface area contributed by atoms with E-state index in [0.717, 1.165) is 11.3 Å². The standard InChI is InChI=1S/C11H8N4O/c16-11-14-9-4-3-8(13-10(9)15-11)7-2-1-5-12-6-7/h1-6H,(H2,13,14,15,16). The van der Waals surface area contributed by atoms with E-state index in [-0.39, 0.29) is 5.69 Å². The first-order chi connectivity index (χ1) is 7.83. The van der Waals surface area contributed by atoms with Gasteiger partial charge in [0.25, 0.3) is 0 Å². The van der Waals surface area contributed by atoms with Crippen LogP contribution in [0.3, 0.4) is 0 Å². The molecule has 0 saturated heterocycles.